The Hall–Kier alpha value is -2.70. The lowest BCUT2D eigenvalue weighted by molar-refractivity contribution is 0.104. The summed E-state index contributed by atoms with van der Waals surface area (Å²) < 4.78 is 10.7. The van der Waals surface area contributed by atoms with Crippen LogP contribution in [0, 0.1) is 12.3 Å². The van der Waals surface area contributed by atoms with Crippen LogP contribution in [0.5, 0.6) is 11.5 Å². The third kappa shape index (κ3) is 3.02. The minimum atomic E-state index is 0.0494. The molecule has 2 aromatic carbocycles. The van der Waals surface area contributed by atoms with Crippen molar-refractivity contribution in [3.8, 4) is 23.8 Å². The molecule has 0 heterocycles. The van der Waals surface area contributed by atoms with Crippen LogP contribution in [0.1, 0.15) is 21.5 Å². The number of carbonyl (C=O) groups excluding carboxylic acids is 1. The molecule has 0 bridgehead atoms. The van der Waals surface area contributed by atoms with Crippen LogP contribution in [0.15, 0.2) is 42.0 Å². The van der Waals surface area contributed by atoms with Gasteiger partial charge in [0.2, 0.25) is 0 Å². The van der Waals surface area contributed by atoms with E-state index in [4.69, 9.17) is 27.5 Å². The molecule has 3 rings (SSSR count). The lowest BCUT2D eigenvalue weighted by Crippen LogP contribution is -1.99. The summed E-state index contributed by atoms with van der Waals surface area (Å²) in [6.45, 7) is 0.101. The zero-order valence-electron chi connectivity index (χ0n) is 13.1. The summed E-state index contributed by atoms with van der Waals surface area (Å²) in [5, 5.41) is 0.388. The largest absolute Gasteiger partial charge is 0.493 e. The first-order valence-corrected chi connectivity index (χ1v) is 7.78. The Balaban J connectivity index is 1.96. The zero-order chi connectivity index (χ0) is 17.1. The molecule has 24 heavy (non-hydrogen) atoms. The van der Waals surface area contributed by atoms with Gasteiger partial charge in [0.05, 0.1) is 12.1 Å². The molecular formula is C20H15ClO3. The molecule has 0 aromatic heterocycles. The van der Waals surface area contributed by atoms with Crippen LogP contribution in [0.4, 0.5) is 0 Å². The fraction of sp³-hybridized carbons (Fsp3) is 0.150. The second kappa shape index (κ2) is 6.82. The number of terminal acetylenes is 1. The summed E-state index contributed by atoms with van der Waals surface area (Å²) in [5.74, 6) is 3.32. The monoisotopic (exact) mass is 338 g/mol. The first-order chi connectivity index (χ1) is 11.6. The molecule has 0 saturated heterocycles. The third-order valence-electron chi connectivity index (χ3n) is 3.83. The van der Waals surface area contributed by atoms with Crippen LogP contribution in [-0.4, -0.2) is 19.5 Å². The molecule has 0 amide bonds. The van der Waals surface area contributed by atoms with Crippen molar-refractivity contribution in [3.63, 3.8) is 0 Å². The van der Waals surface area contributed by atoms with E-state index in [0.717, 1.165) is 22.3 Å². The van der Waals surface area contributed by atoms with Crippen LogP contribution in [0.3, 0.4) is 0 Å². The van der Waals surface area contributed by atoms with Gasteiger partial charge in [0, 0.05) is 17.6 Å². The van der Waals surface area contributed by atoms with Gasteiger partial charge in [0.15, 0.2) is 17.3 Å². The lowest BCUT2D eigenvalue weighted by Gasteiger charge is -2.11. The van der Waals surface area contributed by atoms with Crippen molar-refractivity contribution in [3.05, 3.63) is 63.7 Å². The number of fused-ring (bicyclic) bond motifs is 1. The molecule has 0 aliphatic heterocycles. The van der Waals surface area contributed by atoms with Crippen LogP contribution in [0.2, 0.25) is 5.02 Å². The standard InChI is InChI=1S/C20H15ClO3/c1-3-8-24-20-17(21)10-13(11-18(20)23-2)9-15-12-14-6-4-5-7-16(14)19(15)22/h1,4-7,9-11H,8,12H2,2H3/b15-9+. The minimum Gasteiger partial charge on any atom is -0.493 e. The van der Waals surface area contributed by atoms with Crippen molar-refractivity contribution in [2.75, 3.05) is 13.7 Å². The van der Waals surface area contributed by atoms with Gasteiger partial charge < -0.3 is 9.47 Å². The molecule has 0 N–H and O–H groups in total. The number of rotatable bonds is 4. The average Bonchev–Trinajstić information content (AvgIpc) is 2.90. The van der Waals surface area contributed by atoms with E-state index in [9.17, 15) is 4.79 Å². The van der Waals surface area contributed by atoms with Crippen molar-refractivity contribution in [1.29, 1.82) is 0 Å². The molecule has 0 atom stereocenters. The summed E-state index contributed by atoms with van der Waals surface area (Å²) in [5.41, 5.74) is 3.31. The number of methoxy groups -OCH3 is 1. The first kappa shape index (κ1) is 16.2. The second-order valence-corrected chi connectivity index (χ2v) is 5.77. The third-order valence-corrected chi connectivity index (χ3v) is 4.11. The molecule has 1 aliphatic carbocycles. The van der Waals surface area contributed by atoms with Crippen LogP contribution in [-0.2, 0) is 6.42 Å². The highest BCUT2D eigenvalue weighted by Crippen LogP contribution is 2.37. The number of ketones is 1. The molecular weight excluding hydrogens is 324 g/mol. The number of Topliss-reactive ketones (excluding diaryl/α,β-unsaturated/α-hetero) is 1. The highest BCUT2D eigenvalue weighted by atomic mass is 35.5. The maximum atomic E-state index is 12.5. The van der Waals surface area contributed by atoms with Crippen LogP contribution < -0.4 is 9.47 Å². The van der Waals surface area contributed by atoms with Gasteiger partial charge >= 0.3 is 0 Å². The Morgan fingerprint density at radius 2 is 2.12 bits per heavy atom. The van der Waals surface area contributed by atoms with Gasteiger partial charge in [-0.2, -0.15) is 0 Å². The van der Waals surface area contributed by atoms with Crippen LogP contribution in [0.25, 0.3) is 6.08 Å². The van der Waals surface area contributed by atoms with E-state index in [0.29, 0.717) is 22.9 Å². The van der Waals surface area contributed by atoms with Crippen molar-refractivity contribution in [1.82, 2.24) is 0 Å². The van der Waals surface area contributed by atoms with Crippen molar-refractivity contribution in [2.45, 2.75) is 6.42 Å². The molecule has 1 aliphatic rings. The summed E-state index contributed by atoms with van der Waals surface area (Å²) in [4.78, 5) is 12.5. The number of hydrogen-bond donors (Lipinski definition) is 0. The van der Waals surface area contributed by atoms with Crippen LogP contribution >= 0.6 is 11.6 Å². The summed E-state index contributed by atoms with van der Waals surface area (Å²) in [6, 6.07) is 11.1. The molecule has 0 spiro atoms. The summed E-state index contributed by atoms with van der Waals surface area (Å²) in [6.07, 6.45) is 7.66. The molecule has 0 radical (unpaired) electrons. The van der Waals surface area contributed by atoms with Gasteiger partial charge in [0.1, 0.15) is 6.61 Å². The highest BCUT2D eigenvalue weighted by molar-refractivity contribution is 6.32. The Morgan fingerprint density at radius 1 is 1.33 bits per heavy atom. The van der Waals surface area contributed by atoms with Crippen molar-refractivity contribution >= 4 is 23.5 Å². The number of benzene rings is 2. The molecule has 0 fully saturated rings. The molecule has 0 unspecified atom stereocenters. The second-order valence-electron chi connectivity index (χ2n) is 5.36. The van der Waals surface area contributed by atoms with Gasteiger partial charge in [-0.1, -0.05) is 41.8 Å². The molecule has 120 valence electrons. The summed E-state index contributed by atoms with van der Waals surface area (Å²) >= 11 is 6.27. The quantitative estimate of drug-likeness (QED) is 0.619. The predicted octanol–water partition coefficient (Wildman–Crippen LogP) is 4.18. The summed E-state index contributed by atoms with van der Waals surface area (Å²) in [7, 11) is 1.53. The molecule has 0 saturated carbocycles. The number of carbonyl (C=O) groups is 1. The first-order valence-electron chi connectivity index (χ1n) is 7.41. The van der Waals surface area contributed by atoms with E-state index in [1.807, 2.05) is 30.3 Å². The van der Waals surface area contributed by atoms with Crippen molar-refractivity contribution in [2.24, 2.45) is 0 Å². The van der Waals surface area contributed by atoms with Gasteiger partial charge in [-0.15, -0.1) is 6.42 Å². The number of hydrogen-bond acceptors (Lipinski definition) is 3. The van der Waals surface area contributed by atoms with Gasteiger partial charge in [-0.25, -0.2) is 0 Å². The predicted molar refractivity (Wildman–Crippen MR) is 94.8 cm³/mol. The number of halogens is 1. The van der Waals surface area contributed by atoms with E-state index in [2.05, 4.69) is 5.92 Å². The minimum absolute atomic E-state index is 0.0494. The number of allylic oxidation sites excluding steroid dienone is 1. The van der Waals surface area contributed by atoms with E-state index < -0.39 is 0 Å². The molecule has 4 heteroatoms. The molecule has 2 aromatic rings. The van der Waals surface area contributed by atoms with E-state index in [1.165, 1.54) is 7.11 Å². The Labute approximate surface area is 145 Å². The Kier molecular flexibility index (Phi) is 4.59. The van der Waals surface area contributed by atoms with E-state index >= 15 is 0 Å². The SMILES string of the molecule is C#CCOc1c(Cl)cc(/C=C2\Cc3ccccc3C2=O)cc1OC. The maximum Gasteiger partial charge on any atom is 0.189 e. The Morgan fingerprint density at radius 3 is 2.83 bits per heavy atom. The normalized spacial score (nSPS) is 14.4. The van der Waals surface area contributed by atoms with Gasteiger partial charge in [-0.05, 0) is 29.3 Å². The fourth-order valence-electron chi connectivity index (χ4n) is 2.75. The number of ether oxygens (including phenoxy) is 2. The van der Waals surface area contributed by atoms with E-state index in [-0.39, 0.29) is 12.4 Å². The van der Waals surface area contributed by atoms with Gasteiger partial charge in [0.25, 0.3) is 0 Å². The average molecular weight is 339 g/mol. The topological polar surface area (TPSA) is 35.5 Å². The fourth-order valence-corrected chi connectivity index (χ4v) is 3.02. The zero-order valence-corrected chi connectivity index (χ0v) is 13.9. The smallest absolute Gasteiger partial charge is 0.189 e. The highest BCUT2D eigenvalue weighted by Gasteiger charge is 2.24. The maximum absolute atomic E-state index is 12.5. The lowest BCUT2D eigenvalue weighted by atomic mass is 10.1. The molecule has 3 nitrogen and oxygen atoms in total. The van der Waals surface area contributed by atoms with E-state index in [1.54, 1.807) is 12.1 Å². The van der Waals surface area contributed by atoms with Gasteiger partial charge in [-0.3, -0.25) is 4.79 Å². The Bertz CT molecular complexity index is 875. The van der Waals surface area contributed by atoms with Crippen molar-refractivity contribution < 1.29 is 14.3 Å².